The van der Waals surface area contributed by atoms with Crippen LogP contribution in [-0.4, -0.2) is 17.9 Å². The second kappa shape index (κ2) is 5.41. The number of rotatable bonds is 4. The molecule has 0 aliphatic carbocycles. The summed E-state index contributed by atoms with van der Waals surface area (Å²) in [6, 6.07) is 0.638. The number of halogens is 2. The van der Waals surface area contributed by atoms with Gasteiger partial charge in [0.1, 0.15) is 11.7 Å². The van der Waals surface area contributed by atoms with Crippen LogP contribution in [0.3, 0.4) is 0 Å². The number of amides is 2. The van der Waals surface area contributed by atoms with E-state index in [4.69, 9.17) is 11.6 Å². The minimum atomic E-state index is -1.02. The average Bonchev–Trinajstić information content (AvgIpc) is 2.28. The van der Waals surface area contributed by atoms with Gasteiger partial charge in [-0.3, -0.25) is 15.4 Å². The molecule has 0 aliphatic heterocycles. The molecule has 0 saturated carbocycles. The van der Waals surface area contributed by atoms with Crippen molar-refractivity contribution in [3.05, 3.63) is 29.3 Å². The summed E-state index contributed by atoms with van der Waals surface area (Å²) < 4.78 is 26.6. The van der Waals surface area contributed by atoms with Crippen molar-refractivity contribution in [1.29, 1.82) is 0 Å². The number of hydrogen-bond donors (Lipinski definition) is 4. The first-order chi connectivity index (χ1) is 8.36. The Labute approximate surface area is 101 Å². The van der Waals surface area contributed by atoms with Crippen molar-refractivity contribution >= 4 is 17.5 Å². The summed E-state index contributed by atoms with van der Waals surface area (Å²) in [5.41, 5.74) is 5.95. The van der Waals surface area contributed by atoms with Gasteiger partial charge in [0.2, 0.25) is 5.91 Å². The molecule has 1 aromatic rings. The smallest absolute Gasteiger partial charge is 0.252 e. The quantitative estimate of drug-likeness (QED) is 0.444. The van der Waals surface area contributed by atoms with Gasteiger partial charge in [-0.05, 0) is 19.1 Å². The Kier molecular flexibility index (Phi) is 4.16. The molecule has 6 nitrogen and oxygen atoms in total. The first-order valence-corrected chi connectivity index (χ1v) is 4.92. The Morgan fingerprint density at radius 2 is 1.78 bits per heavy atom. The van der Waals surface area contributed by atoms with Crippen LogP contribution in [0.1, 0.15) is 17.3 Å². The number of hydrogen-bond acceptors (Lipinski definition) is 4. The van der Waals surface area contributed by atoms with Gasteiger partial charge < -0.3 is 16.5 Å². The highest BCUT2D eigenvalue weighted by Crippen LogP contribution is 2.19. The van der Waals surface area contributed by atoms with Gasteiger partial charge in [0.15, 0.2) is 11.6 Å². The number of nitrogens with one attached hydrogen (secondary N) is 2. The molecule has 1 aromatic carbocycles. The van der Waals surface area contributed by atoms with Gasteiger partial charge >= 0.3 is 0 Å². The van der Waals surface area contributed by atoms with E-state index in [1.54, 1.807) is 0 Å². The van der Waals surface area contributed by atoms with Crippen LogP contribution in [0, 0.1) is 11.6 Å². The maximum Gasteiger partial charge on any atom is 0.252 e. The largest absolute Gasteiger partial charge is 0.368 e. The van der Waals surface area contributed by atoms with Crippen molar-refractivity contribution in [1.82, 2.24) is 5.32 Å². The molecule has 0 heterocycles. The van der Waals surface area contributed by atoms with E-state index in [1.807, 2.05) is 5.43 Å². The fourth-order valence-corrected chi connectivity index (χ4v) is 1.19. The van der Waals surface area contributed by atoms with Crippen LogP contribution >= 0.6 is 0 Å². The molecule has 6 N–H and O–H groups in total. The van der Waals surface area contributed by atoms with Gasteiger partial charge in [0.05, 0.1) is 0 Å². The van der Waals surface area contributed by atoms with Crippen LogP contribution in [0.5, 0.6) is 0 Å². The predicted molar refractivity (Wildman–Crippen MR) is 60.3 cm³/mol. The van der Waals surface area contributed by atoms with E-state index in [-0.39, 0.29) is 5.56 Å². The predicted octanol–water partition coefficient (Wildman–Crippen LogP) is -0.146. The Hall–Kier alpha value is -2.22. The number of carbonyl (C=O) groups excluding carboxylic acids is 2. The van der Waals surface area contributed by atoms with Gasteiger partial charge in [-0.1, -0.05) is 0 Å². The molecule has 1 atom stereocenters. The fraction of sp³-hybridized carbons (Fsp3) is 0.200. The maximum absolute atomic E-state index is 13.3. The minimum absolute atomic E-state index is 0.280. The lowest BCUT2D eigenvalue weighted by Crippen LogP contribution is -2.42. The van der Waals surface area contributed by atoms with Crippen molar-refractivity contribution in [2.75, 3.05) is 5.43 Å². The molecule has 2 amide bonds. The van der Waals surface area contributed by atoms with E-state index in [0.29, 0.717) is 0 Å². The summed E-state index contributed by atoms with van der Waals surface area (Å²) >= 11 is 0. The molecule has 0 fully saturated rings. The number of carbonyl (C=O) groups is 2. The van der Waals surface area contributed by atoms with Crippen molar-refractivity contribution in [2.24, 2.45) is 11.6 Å². The SMILES string of the molecule is CC(NC(=O)c1cc(F)c(NN)c(F)c1)C(N)=O. The second-order valence-electron chi connectivity index (χ2n) is 3.56. The standard InChI is InChI=1S/C10H12F2N4O2/c1-4(9(13)17)15-10(18)5-2-6(11)8(16-14)7(12)3-5/h2-4,16H,14H2,1H3,(H2,13,17)(H,15,18). The van der Waals surface area contributed by atoms with E-state index in [1.165, 1.54) is 6.92 Å². The van der Waals surface area contributed by atoms with Gasteiger partial charge in [-0.25, -0.2) is 8.78 Å². The Morgan fingerprint density at radius 3 is 2.17 bits per heavy atom. The van der Waals surface area contributed by atoms with Crippen molar-refractivity contribution in [3.8, 4) is 0 Å². The number of nitrogens with two attached hydrogens (primary N) is 2. The highest BCUT2D eigenvalue weighted by atomic mass is 19.1. The highest BCUT2D eigenvalue weighted by molar-refractivity contribution is 5.97. The third-order valence-corrected chi connectivity index (χ3v) is 2.22. The van der Waals surface area contributed by atoms with Crippen molar-refractivity contribution in [2.45, 2.75) is 13.0 Å². The average molecular weight is 258 g/mol. The third-order valence-electron chi connectivity index (χ3n) is 2.22. The van der Waals surface area contributed by atoms with E-state index in [9.17, 15) is 18.4 Å². The lowest BCUT2D eigenvalue weighted by molar-refractivity contribution is -0.119. The Morgan fingerprint density at radius 1 is 1.28 bits per heavy atom. The van der Waals surface area contributed by atoms with E-state index < -0.39 is 35.2 Å². The molecule has 8 heteroatoms. The third kappa shape index (κ3) is 2.92. The normalized spacial score (nSPS) is 11.8. The summed E-state index contributed by atoms with van der Waals surface area (Å²) in [5, 5.41) is 2.19. The summed E-state index contributed by atoms with van der Waals surface area (Å²) in [7, 11) is 0. The molecule has 0 spiro atoms. The molecule has 0 radical (unpaired) electrons. The molecule has 0 bridgehead atoms. The van der Waals surface area contributed by atoms with Crippen LogP contribution in [-0.2, 0) is 4.79 Å². The zero-order valence-corrected chi connectivity index (χ0v) is 9.46. The maximum atomic E-state index is 13.3. The van der Waals surface area contributed by atoms with Gasteiger partial charge in [-0.15, -0.1) is 0 Å². The van der Waals surface area contributed by atoms with Crippen LogP contribution in [0.4, 0.5) is 14.5 Å². The first-order valence-electron chi connectivity index (χ1n) is 4.92. The number of anilines is 1. The van der Waals surface area contributed by atoms with E-state index >= 15 is 0 Å². The van der Waals surface area contributed by atoms with Crippen LogP contribution < -0.4 is 22.3 Å². The molecule has 0 aliphatic rings. The summed E-state index contributed by atoms with van der Waals surface area (Å²) in [6.45, 7) is 1.35. The zero-order valence-electron chi connectivity index (χ0n) is 9.46. The van der Waals surface area contributed by atoms with Crippen molar-refractivity contribution in [3.63, 3.8) is 0 Å². The minimum Gasteiger partial charge on any atom is -0.368 e. The lowest BCUT2D eigenvalue weighted by Gasteiger charge is -2.11. The summed E-state index contributed by atoms with van der Waals surface area (Å²) in [4.78, 5) is 22.3. The van der Waals surface area contributed by atoms with Crippen LogP contribution in [0.2, 0.25) is 0 Å². The first kappa shape index (κ1) is 13.8. The lowest BCUT2D eigenvalue weighted by atomic mass is 10.1. The van der Waals surface area contributed by atoms with Gasteiger partial charge in [0, 0.05) is 5.56 Å². The number of benzene rings is 1. The molecule has 0 aromatic heterocycles. The molecule has 0 saturated heterocycles. The molecular formula is C10H12F2N4O2. The topological polar surface area (TPSA) is 110 Å². The molecule has 1 unspecified atom stereocenters. The van der Waals surface area contributed by atoms with Crippen molar-refractivity contribution < 1.29 is 18.4 Å². The monoisotopic (exact) mass is 258 g/mol. The van der Waals surface area contributed by atoms with E-state index in [2.05, 4.69) is 5.32 Å². The zero-order chi connectivity index (χ0) is 13.9. The highest BCUT2D eigenvalue weighted by Gasteiger charge is 2.17. The summed E-state index contributed by atoms with van der Waals surface area (Å²) in [5.74, 6) is 1.29. The fourth-order valence-electron chi connectivity index (χ4n) is 1.19. The van der Waals surface area contributed by atoms with Crippen LogP contribution in [0.25, 0.3) is 0 Å². The summed E-state index contributed by atoms with van der Waals surface area (Å²) in [6.07, 6.45) is 0. The molecule has 18 heavy (non-hydrogen) atoms. The van der Waals surface area contributed by atoms with E-state index in [0.717, 1.165) is 12.1 Å². The Bertz CT molecular complexity index is 470. The molecule has 98 valence electrons. The van der Waals surface area contributed by atoms with Gasteiger partial charge in [-0.2, -0.15) is 0 Å². The number of nitrogen functional groups attached to an aromatic ring is 1. The molecule has 1 rings (SSSR count). The van der Waals surface area contributed by atoms with Gasteiger partial charge in [0.25, 0.3) is 5.91 Å². The Balaban J connectivity index is 2.97. The number of primary amides is 1. The number of hydrazine groups is 1. The second-order valence-corrected chi connectivity index (χ2v) is 3.56. The van der Waals surface area contributed by atoms with Crippen LogP contribution in [0.15, 0.2) is 12.1 Å². The molecular weight excluding hydrogens is 246 g/mol.